The Morgan fingerprint density at radius 2 is 2.07 bits per heavy atom. The summed E-state index contributed by atoms with van der Waals surface area (Å²) in [6.07, 6.45) is -1.14. The number of carbonyl (C=O) groups excluding carboxylic acids is 1. The molecular weight excluding hydrogens is 190 g/mol. The summed E-state index contributed by atoms with van der Waals surface area (Å²) in [7, 11) is 0. The van der Waals surface area contributed by atoms with Gasteiger partial charge in [-0.1, -0.05) is 6.92 Å². The van der Waals surface area contributed by atoms with Crippen molar-refractivity contribution in [2.75, 3.05) is 13.1 Å². The normalized spacial score (nSPS) is 26.6. The molecule has 0 aromatic carbocycles. The van der Waals surface area contributed by atoms with Crippen LogP contribution in [0.1, 0.15) is 13.3 Å². The van der Waals surface area contributed by atoms with E-state index in [4.69, 9.17) is 10.2 Å². The summed E-state index contributed by atoms with van der Waals surface area (Å²) >= 11 is 0. The zero-order valence-electron chi connectivity index (χ0n) is 7.69. The number of hydrogen-bond acceptors (Lipinski definition) is 3. The summed E-state index contributed by atoms with van der Waals surface area (Å²) in [6.45, 7) is 1.000. The van der Waals surface area contributed by atoms with Crippen molar-refractivity contribution in [2.24, 2.45) is 5.41 Å². The quantitative estimate of drug-likeness (QED) is 0.614. The molecule has 0 aromatic heterocycles. The first-order chi connectivity index (χ1) is 6.44. The molecular formula is C8H11NO5. The minimum absolute atomic E-state index is 0.116. The monoisotopic (exact) mass is 201 g/mol. The molecule has 0 radical (unpaired) electrons. The Morgan fingerprint density at radius 1 is 1.50 bits per heavy atom. The number of ketones is 1. The highest BCUT2D eigenvalue weighted by Gasteiger charge is 2.52. The number of carboxylic acids is 1. The van der Waals surface area contributed by atoms with Crippen LogP contribution in [-0.2, 0) is 9.59 Å². The molecule has 1 heterocycles. The van der Waals surface area contributed by atoms with E-state index in [-0.39, 0.29) is 19.5 Å². The van der Waals surface area contributed by atoms with Gasteiger partial charge in [0.15, 0.2) is 5.78 Å². The largest absolute Gasteiger partial charge is 0.480 e. The van der Waals surface area contributed by atoms with Crippen LogP contribution >= 0.6 is 0 Å². The van der Waals surface area contributed by atoms with E-state index in [1.807, 2.05) is 0 Å². The van der Waals surface area contributed by atoms with Crippen molar-refractivity contribution < 1.29 is 24.6 Å². The molecule has 6 nitrogen and oxygen atoms in total. The molecule has 1 unspecified atom stereocenters. The van der Waals surface area contributed by atoms with Crippen molar-refractivity contribution in [3.05, 3.63) is 0 Å². The molecule has 78 valence electrons. The first-order valence-electron chi connectivity index (χ1n) is 4.18. The maximum absolute atomic E-state index is 11.4. The predicted octanol–water partition coefficient (Wildman–Crippen LogP) is 0.0301. The molecule has 14 heavy (non-hydrogen) atoms. The van der Waals surface area contributed by atoms with E-state index in [0.717, 1.165) is 4.90 Å². The maximum atomic E-state index is 11.4. The molecule has 1 fully saturated rings. The average molecular weight is 201 g/mol. The Bertz CT molecular complexity index is 300. The summed E-state index contributed by atoms with van der Waals surface area (Å²) in [6, 6.07) is 0. The molecule has 0 saturated carbocycles. The lowest BCUT2D eigenvalue weighted by molar-refractivity contribution is -0.152. The van der Waals surface area contributed by atoms with Crippen molar-refractivity contribution >= 4 is 17.8 Å². The predicted molar refractivity (Wildman–Crippen MR) is 45.0 cm³/mol. The van der Waals surface area contributed by atoms with E-state index in [9.17, 15) is 14.4 Å². The van der Waals surface area contributed by atoms with Crippen molar-refractivity contribution in [3.8, 4) is 0 Å². The molecule has 2 N–H and O–H groups in total. The van der Waals surface area contributed by atoms with Crippen LogP contribution in [0.3, 0.4) is 0 Å². The Hall–Kier alpha value is -1.59. The van der Waals surface area contributed by atoms with Crippen molar-refractivity contribution in [1.29, 1.82) is 0 Å². The lowest BCUT2D eigenvalue weighted by atomic mass is 9.83. The molecule has 1 rings (SSSR count). The number of aliphatic carboxylic acids is 1. The number of hydrogen-bond donors (Lipinski definition) is 2. The lowest BCUT2D eigenvalue weighted by Crippen LogP contribution is -2.39. The zero-order valence-corrected chi connectivity index (χ0v) is 7.69. The van der Waals surface area contributed by atoms with Gasteiger partial charge in [-0.15, -0.1) is 0 Å². The average Bonchev–Trinajstić information content (AvgIpc) is 2.44. The molecule has 0 bridgehead atoms. The topological polar surface area (TPSA) is 94.9 Å². The van der Waals surface area contributed by atoms with E-state index in [0.29, 0.717) is 0 Å². The van der Waals surface area contributed by atoms with Crippen LogP contribution in [0.15, 0.2) is 0 Å². The third kappa shape index (κ3) is 1.32. The summed E-state index contributed by atoms with van der Waals surface area (Å²) < 4.78 is 0. The highest BCUT2D eigenvalue weighted by molar-refractivity contribution is 6.07. The Labute approximate surface area is 80.1 Å². The van der Waals surface area contributed by atoms with Crippen LogP contribution in [0.5, 0.6) is 0 Å². The van der Waals surface area contributed by atoms with Crippen LogP contribution < -0.4 is 0 Å². The van der Waals surface area contributed by atoms with Crippen molar-refractivity contribution in [3.63, 3.8) is 0 Å². The van der Waals surface area contributed by atoms with Gasteiger partial charge in [0, 0.05) is 6.54 Å². The smallest absolute Gasteiger partial charge is 0.407 e. The molecule has 1 amide bonds. The van der Waals surface area contributed by atoms with Crippen LogP contribution in [0.25, 0.3) is 0 Å². The highest BCUT2D eigenvalue weighted by atomic mass is 16.4. The molecule has 0 spiro atoms. The molecule has 1 aliphatic heterocycles. The number of carbonyl (C=O) groups is 3. The Morgan fingerprint density at radius 3 is 2.29 bits per heavy atom. The summed E-state index contributed by atoms with van der Waals surface area (Å²) in [4.78, 5) is 33.7. The van der Waals surface area contributed by atoms with Gasteiger partial charge in [0.25, 0.3) is 0 Å². The zero-order chi connectivity index (χ0) is 10.9. The van der Waals surface area contributed by atoms with Crippen LogP contribution in [0.4, 0.5) is 4.79 Å². The first-order valence-corrected chi connectivity index (χ1v) is 4.18. The van der Waals surface area contributed by atoms with Gasteiger partial charge < -0.3 is 10.2 Å². The van der Waals surface area contributed by atoms with Gasteiger partial charge in [0.2, 0.25) is 0 Å². The van der Waals surface area contributed by atoms with E-state index in [2.05, 4.69) is 0 Å². The van der Waals surface area contributed by atoms with Gasteiger partial charge in [0.1, 0.15) is 5.41 Å². The number of carboxylic acid groups (broad SMARTS) is 2. The van der Waals surface area contributed by atoms with Gasteiger partial charge >= 0.3 is 12.1 Å². The van der Waals surface area contributed by atoms with Crippen LogP contribution in [0.2, 0.25) is 0 Å². The molecule has 0 aromatic rings. The van der Waals surface area contributed by atoms with Gasteiger partial charge in [0.05, 0.1) is 6.54 Å². The summed E-state index contributed by atoms with van der Waals surface area (Å²) in [5, 5.41) is 17.5. The fourth-order valence-corrected chi connectivity index (χ4v) is 1.58. The first kappa shape index (κ1) is 10.5. The second-order valence-electron chi connectivity index (χ2n) is 3.30. The van der Waals surface area contributed by atoms with Gasteiger partial charge in [-0.05, 0) is 6.42 Å². The maximum Gasteiger partial charge on any atom is 0.407 e. The van der Waals surface area contributed by atoms with Crippen LogP contribution in [-0.4, -0.2) is 46.0 Å². The van der Waals surface area contributed by atoms with E-state index in [1.165, 1.54) is 0 Å². The Kier molecular flexibility index (Phi) is 2.46. The third-order valence-corrected chi connectivity index (χ3v) is 2.61. The second-order valence-corrected chi connectivity index (χ2v) is 3.30. The van der Waals surface area contributed by atoms with Gasteiger partial charge in [-0.25, -0.2) is 4.79 Å². The fourth-order valence-electron chi connectivity index (χ4n) is 1.58. The van der Waals surface area contributed by atoms with E-state index < -0.39 is 23.3 Å². The molecule has 1 saturated heterocycles. The highest BCUT2D eigenvalue weighted by Crippen LogP contribution is 2.31. The number of rotatable bonds is 2. The minimum Gasteiger partial charge on any atom is -0.480 e. The lowest BCUT2D eigenvalue weighted by Gasteiger charge is -2.19. The SMILES string of the molecule is CCC1(C(=O)O)CN(C(=O)O)CC1=O. The van der Waals surface area contributed by atoms with E-state index >= 15 is 0 Å². The molecule has 6 heteroatoms. The Balaban J connectivity index is 2.96. The minimum atomic E-state index is -1.53. The molecule has 1 atom stereocenters. The fraction of sp³-hybridized carbons (Fsp3) is 0.625. The van der Waals surface area contributed by atoms with Gasteiger partial charge in [-0.3, -0.25) is 14.5 Å². The number of amides is 1. The summed E-state index contributed by atoms with van der Waals surface area (Å²) in [5.41, 5.74) is -1.53. The van der Waals surface area contributed by atoms with Gasteiger partial charge in [-0.2, -0.15) is 0 Å². The van der Waals surface area contributed by atoms with E-state index in [1.54, 1.807) is 6.92 Å². The number of Topliss-reactive ketones (excluding diaryl/α,β-unsaturated/α-hetero) is 1. The van der Waals surface area contributed by atoms with Crippen LogP contribution in [0, 0.1) is 5.41 Å². The second kappa shape index (κ2) is 3.28. The third-order valence-electron chi connectivity index (χ3n) is 2.61. The number of nitrogens with zero attached hydrogens (tertiary/aromatic N) is 1. The summed E-state index contributed by atoms with van der Waals surface area (Å²) in [5.74, 6) is -1.77. The molecule has 1 aliphatic rings. The van der Waals surface area contributed by atoms with Crippen molar-refractivity contribution in [2.45, 2.75) is 13.3 Å². The number of likely N-dealkylation sites (tertiary alicyclic amines) is 1. The molecule has 0 aliphatic carbocycles. The standard InChI is InChI=1S/C8H11NO5/c1-2-8(6(11)12)4-9(7(13)14)3-5(8)10/h2-4H2,1H3,(H,11,12)(H,13,14). The van der Waals surface area contributed by atoms with Crippen molar-refractivity contribution in [1.82, 2.24) is 4.90 Å².